The molecule has 126 valence electrons. The van der Waals surface area contributed by atoms with E-state index in [0.717, 1.165) is 23.5 Å². The maximum absolute atomic E-state index is 12.9. The third-order valence-corrected chi connectivity index (χ3v) is 5.81. The number of carbonyl (C=O) groups is 1. The average molecular weight is 343 g/mol. The van der Waals surface area contributed by atoms with Crippen LogP contribution in [-0.2, 0) is 11.2 Å². The number of rotatable bonds is 2. The molecule has 2 heterocycles. The Morgan fingerprint density at radius 2 is 2.29 bits per heavy atom. The van der Waals surface area contributed by atoms with Gasteiger partial charge in [-0.1, -0.05) is 24.3 Å². The van der Waals surface area contributed by atoms with Crippen LogP contribution >= 0.6 is 11.3 Å². The van der Waals surface area contributed by atoms with Crippen LogP contribution < -0.4 is 5.32 Å². The lowest BCUT2D eigenvalue weighted by Crippen LogP contribution is -2.48. The number of morpholine rings is 1. The zero-order valence-electron chi connectivity index (χ0n) is 13.7. The standard InChI is InChI=1S/C18H21N3O2S/c1-12-11-24-17(19-12)16-10-23-9-8-21(16)18(22)20-15-7-6-13-4-2-3-5-14(13)15/h2-5,11,15-16H,6-10H2,1H3,(H,20,22)/t15-,16-/m0/s1. The van der Waals surface area contributed by atoms with Gasteiger partial charge >= 0.3 is 6.03 Å². The van der Waals surface area contributed by atoms with Gasteiger partial charge in [-0.2, -0.15) is 0 Å². The van der Waals surface area contributed by atoms with Crippen LogP contribution in [0.3, 0.4) is 0 Å². The first-order valence-corrected chi connectivity index (χ1v) is 9.25. The zero-order valence-corrected chi connectivity index (χ0v) is 14.5. The van der Waals surface area contributed by atoms with Crippen molar-refractivity contribution < 1.29 is 9.53 Å². The monoisotopic (exact) mass is 343 g/mol. The third-order valence-electron chi connectivity index (χ3n) is 4.74. The summed E-state index contributed by atoms with van der Waals surface area (Å²) < 4.78 is 5.60. The Labute approximate surface area is 145 Å². The van der Waals surface area contributed by atoms with Gasteiger partial charge in [-0.25, -0.2) is 9.78 Å². The number of nitrogens with zero attached hydrogens (tertiary/aromatic N) is 2. The average Bonchev–Trinajstić information content (AvgIpc) is 3.22. The molecule has 1 N–H and O–H groups in total. The molecule has 2 atom stereocenters. The molecule has 1 saturated heterocycles. The summed E-state index contributed by atoms with van der Waals surface area (Å²) in [6.07, 6.45) is 2.00. The topological polar surface area (TPSA) is 54.5 Å². The van der Waals surface area contributed by atoms with E-state index in [1.165, 1.54) is 11.1 Å². The molecule has 1 fully saturated rings. The van der Waals surface area contributed by atoms with Gasteiger partial charge in [-0.3, -0.25) is 0 Å². The van der Waals surface area contributed by atoms with Crippen molar-refractivity contribution in [1.82, 2.24) is 15.2 Å². The minimum Gasteiger partial charge on any atom is -0.377 e. The Hall–Kier alpha value is -1.92. The van der Waals surface area contributed by atoms with Crippen LogP contribution in [0.1, 0.15) is 40.3 Å². The second-order valence-electron chi connectivity index (χ2n) is 6.35. The molecule has 4 rings (SSSR count). The van der Waals surface area contributed by atoms with Gasteiger partial charge in [0, 0.05) is 17.6 Å². The summed E-state index contributed by atoms with van der Waals surface area (Å²) in [5.74, 6) is 0. The zero-order chi connectivity index (χ0) is 16.5. The Morgan fingerprint density at radius 1 is 1.42 bits per heavy atom. The van der Waals surface area contributed by atoms with Crippen molar-refractivity contribution in [2.24, 2.45) is 0 Å². The van der Waals surface area contributed by atoms with E-state index < -0.39 is 0 Å². The first-order valence-electron chi connectivity index (χ1n) is 8.37. The van der Waals surface area contributed by atoms with Gasteiger partial charge in [-0.05, 0) is 30.9 Å². The molecule has 1 aromatic carbocycles. The number of ether oxygens (including phenoxy) is 1. The molecule has 0 saturated carbocycles. The second-order valence-corrected chi connectivity index (χ2v) is 7.24. The highest BCUT2D eigenvalue weighted by Crippen LogP contribution is 2.32. The van der Waals surface area contributed by atoms with Crippen molar-refractivity contribution in [1.29, 1.82) is 0 Å². The molecule has 1 aliphatic carbocycles. The Bertz CT molecular complexity index is 745. The maximum atomic E-state index is 12.9. The molecule has 1 aliphatic heterocycles. The first-order chi connectivity index (χ1) is 11.7. The van der Waals surface area contributed by atoms with E-state index in [4.69, 9.17) is 4.74 Å². The van der Waals surface area contributed by atoms with Crippen LogP contribution in [0.25, 0.3) is 0 Å². The summed E-state index contributed by atoms with van der Waals surface area (Å²) in [7, 11) is 0. The van der Waals surface area contributed by atoms with Crippen LogP contribution in [0, 0.1) is 6.92 Å². The summed E-state index contributed by atoms with van der Waals surface area (Å²) in [4.78, 5) is 19.3. The molecule has 5 nitrogen and oxygen atoms in total. The number of amides is 2. The SMILES string of the molecule is Cc1csc([C@@H]2COCCN2C(=O)N[C@H]2CCc3ccccc32)n1. The minimum atomic E-state index is -0.0888. The predicted octanol–water partition coefficient (Wildman–Crippen LogP) is 3.22. The molecule has 2 amide bonds. The molecule has 0 radical (unpaired) electrons. The van der Waals surface area contributed by atoms with Crippen molar-refractivity contribution in [3.8, 4) is 0 Å². The number of carbonyl (C=O) groups excluding carboxylic acids is 1. The molecule has 6 heteroatoms. The highest BCUT2D eigenvalue weighted by Gasteiger charge is 2.33. The van der Waals surface area contributed by atoms with E-state index in [0.29, 0.717) is 19.8 Å². The number of hydrogen-bond donors (Lipinski definition) is 1. The van der Waals surface area contributed by atoms with Crippen molar-refractivity contribution in [2.45, 2.75) is 31.8 Å². The summed E-state index contributed by atoms with van der Waals surface area (Å²) >= 11 is 1.60. The van der Waals surface area contributed by atoms with Gasteiger partial charge < -0.3 is 15.0 Å². The smallest absolute Gasteiger partial charge is 0.318 e. The van der Waals surface area contributed by atoms with Crippen LogP contribution in [0.5, 0.6) is 0 Å². The predicted molar refractivity (Wildman–Crippen MR) is 93.2 cm³/mol. The number of thiazole rings is 1. The number of fused-ring (bicyclic) bond motifs is 1. The molecular weight excluding hydrogens is 322 g/mol. The molecule has 24 heavy (non-hydrogen) atoms. The fourth-order valence-corrected chi connectivity index (χ4v) is 4.41. The van der Waals surface area contributed by atoms with Gasteiger partial charge in [0.1, 0.15) is 11.0 Å². The molecular formula is C18H21N3O2S. The molecule has 1 aromatic heterocycles. The Kier molecular flexibility index (Phi) is 4.24. The fourth-order valence-electron chi connectivity index (χ4n) is 3.52. The largest absolute Gasteiger partial charge is 0.377 e. The van der Waals surface area contributed by atoms with E-state index in [-0.39, 0.29) is 18.1 Å². The van der Waals surface area contributed by atoms with Crippen molar-refractivity contribution >= 4 is 17.4 Å². The first kappa shape index (κ1) is 15.6. The quantitative estimate of drug-likeness (QED) is 0.911. The van der Waals surface area contributed by atoms with Crippen LogP contribution in [0.15, 0.2) is 29.6 Å². The summed E-state index contributed by atoms with van der Waals surface area (Å²) in [6.45, 7) is 3.67. The van der Waals surface area contributed by atoms with E-state index in [1.807, 2.05) is 23.3 Å². The van der Waals surface area contributed by atoms with E-state index in [9.17, 15) is 4.79 Å². The van der Waals surface area contributed by atoms with Gasteiger partial charge in [0.2, 0.25) is 0 Å². The Balaban J connectivity index is 1.50. The summed E-state index contributed by atoms with van der Waals surface area (Å²) in [5.41, 5.74) is 3.59. The van der Waals surface area contributed by atoms with Crippen molar-refractivity contribution in [3.63, 3.8) is 0 Å². The number of aryl methyl sites for hydroxylation is 2. The van der Waals surface area contributed by atoms with E-state index in [1.54, 1.807) is 11.3 Å². The normalized spacial score (nSPS) is 23.1. The van der Waals surface area contributed by atoms with Gasteiger partial charge in [0.05, 0.1) is 19.3 Å². The van der Waals surface area contributed by atoms with Gasteiger partial charge in [-0.15, -0.1) is 11.3 Å². The molecule has 0 bridgehead atoms. The lowest BCUT2D eigenvalue weighted by molar-refractivity contribution is 0.0109. The van der Waals surface area contributed by atoms with Crippen LogP contribution in [0.4, 0.5) is 4.79 Å². The lowest BCUT2D eigenvalue weighted by Gasteiger charge is -2.35. The van der Waals surface area contributed by atoms with Crippen LogP contribution in [-0.4, -0.2) is 35.7 Å². The van der Waals surface area contributed by atoms with Crippen LogP contribution in [0.2, 0.25) is 0 Å². The number of aromatic nitrogens is 1. The lowest BCUT2D eigenvalue weighted by atomic mass is 10.1. The third kappa shape index (κ3) is 2.91. The molecule has 2 aliphatic rings. The molecule has 0 unspecified atom stereocenters. The van der Waals surface area contributed by atoms with Crippen molar-refractivity contribution in [2.75, 3.05) is 19.8 Å². The van der Waals surface area contributed by atoms with Crippen molar-refractivity contribution in [3.05, 3.63) is 51.5 Å². The number of urea groups is 1. The number of nitrogens with one attached hydrogen (secondary N) is 1. The Morgan fingerprint density at radius 3 is 3.12 bits per heavy atom. The molecule has 0 spiro atoms. The highest BCUT2D eigenvalue weighted by molar-refractivity contribution is 7.09. The fraction of sp³-hybridized carbons (Fsp3) is 0.444. The second kappa shape index (κ2) is 6.53. The van der Waals surface area contributed by atoms with E-state index in [2.05, 4.69) is 28.5 Å². The van der Waals surface area contributed by atoms with Gasteiger partial charge in [0.25, 0.3) is 0 Å². The molecule has 2 aromatic rings. The van der Waals surface area contributed by atoms with Gasteiger partial charge in [0.15, 0.2) is 0 Å². The number of benzene rings is 1. The number of hydrogen-bond acceptors (Lipinski definition) is 4. The maximum Gasteiger partial charge on any atom is 0.318 e. The summed E-state index contributed by atoms with van der Waals surface area (Å²) in [6, 6.07) is 8.37. The summed E-state index contributed by atoms with van der Waals surface area (Å²) in [5, 5.41) is 6.19. The minimum absolute atomic E-state index is 0.0159. The highest BCUT2D eigenvalue weighted by atomic mass is 32.1. The van der Waals surface area contributed by atoms with E-state index >= 15 is 0 Å².